The predicted molar refractivity (Wildman–Crippen MR) is 168 cm³/mol. The number of halogens is 2. The number of aryl methyl sites for hydroxylation is 1. The van der Waals surface area contributed by atoms with Gasteiger partial charge in [0.2, 0.25) is 11.8 Å². The van der Waals surface area contributed by atoms with Crippen molar-refractivity contribution >= 4 is 57.3 Å². The molecule has 0 bridgehead atoms. The zero-order valence-corrected chi connectivity index (χ0v) is 25.2. The molecule has 7 nitrogen and oxygen atoms in total. The Bertz CT molecular complexity index is 1960. The number of hydrogen-bond donors (Lipinski definition) is 1. The average molecular weight is 615 g/mol. The minimum atomic E-state index is -1.06. The number of aromatic nitrogens is 2. The highest BCUT2D eigenvalue weighted by Gasteiger charge is 2.49. The number of β-amino-alcohol motifs (C(OH)–C–C–N with tert-alkyl or cyclic N) is 1. The van der Waals surface area contributed by atoms with Gasteiger partial charge in [-0.25, -0.2) is 9.97 Å². The first-order valence-electron chi connectivity index (χ1n) is 14.3. The molecule has 0 saturated carbocycles. The van der Waals surface area contributed by atoms with Crippen molar-refractivity contribution in [3.63, 3.8) is 0 Å². The van der Waals surface area contributed by atoms with Crippen LogP contribution in [-0.2, 0) is 12.0 Å². The van der Waals surface area contributed by atoms with Crippen molar-refractivity contribution in [2.75, 3.05) is 13.1 Å². The molecule has 2 aliphatic rings. The number of aliphatic hydroxyl groups is 1. The van der Waals surface area contributed by atoms with Crippen LogP contribution in [0.4, 0.5) is 0 Å². The molecule has 2 aromatic heterocycles. The second kappa shape index (κ2) is 10.8. The number of carbonyl (C=O) groups is 1. The van der Waals surface area contributed by atoms with E-state index in [-0.39, 0.29) is 12.0 Å². The summed E-state index contributed by atoms with van der Waals surface area (Å²) in [6.45, 7) is 6.30. The molecule has 3 aromatic carbocycles. The summed E-state index contributed by atoms with van der Waals surface area (Å²) >= 11 is 13.3. The summed E-state index contributed by atoms with van der Waals surface area (Å²) in [5.41, 5.74) is 5.62. The van der Waals surface area contributed by atoms with E-state index in [9.17, 15) is 9.90 Å². The molecule has 3 heterocycles. The second-order valence-electron chi connectivity index (χ2n) is 11.5. The van der Waals surface area contributed by atoms with Gasteiger partial charge < -0.3 is 13.9 Å². The van der Waals surface area contributed by atoms with Gasteiger partial charge in [0.15, 0.2) is 11.2 Å². The Kier molecular flexibility index (Phi) is 7.01. The lowest BCUT2D eigenvalue weighted by Gasteiger charge is -2.35. The Morgan fingerprint density at radius 3 is 2.42 bits per heavy atom. The minimum absolute atomic E-state index is 0.228. The van der Waals surface area contributed by atoms with Gasteiger partial charge in [-0.15, -0.1) is 0 Å². The lowest BCUT2D eigenvalue weighted by molar-refractivity contribution is 0.112. The molecule has 1 fully saturated rings. The number of oxazole rings is 2. The fourth-order valence-corrected chi connectivity index (χ4v) is 6.98. The monoisotopic (exact) mass is 613 g/mol. The van der Waals surface area contributed by atoms with Crippen molar-refractivity contribution in [2.45, 2.75) is 38.3 Å². The Hall–Kier alpha value is -3.75. The molecule has 1 saturated heterocycles. The Labute approximate surface area is 258 Å². The van der Waals surface area contributed by atoms with Crippen LogP contribution in [0.2, 0.25) is 10.0 Å². The third-order valence-electron chi connectivity index (χ3n) is 8.71. The number of fused-ring (bicyclic) bond motifs is 2. The molecule has 218 valence electrons. The van der Waals surface area contributed by atoms with E-state index in [0.717, 1.165) is 41.5 Å². The summed E-state index contributed by atoms with van der Waals surface area (Å²) in [5, 5.41) is 10.7. The number of aldehydes is 1. The molecule has 5 aromatic rings. The quantitative estimate of drug-likeness (QED) is 0.198. The van der Waals surface area contributed by atoms with Crippen LogP contribution in [0, 0.1) is 12.8 Å². The lowest BCUT2D eigenvalue weighted by atomic mass is 9.67. The van der Waals surface area contributed by atoms with Crippen LogP contribution < -0.4 is 0 Å². The number of rotatable bonds is 6. The van der Waals surface area contributed by atoms with Crippen LogP contribution in [0.15, 0.2) is 75.6 Å². The molecule has 1 aliphatic heterocycles. The smallest absolute Gasteiger partial charge is 0.215 e. The lowest BCUT2D eigenvalue weighted by Crippen LogP contribution is -2.36. The maximum Gasteiger partial charge on any atom is 0.215 e. The summed E-state index contributed by atoms with van der Waals surface area (Å²) in [6.07, 6.45) is 7.28. The summed E-state index contributed by atoms with van der Waals surface area (Å²) < 4.78 is 13.0. The summed E-state index contributed by atoms with van der Waals surface area (Å²) in [6, 6.07) is 15.3. The van der Waals surface area contributed by atoms with E-state index in [1.807, 2.05) is 36.4 Å². The van der Waals surface area contributed by atoms with E-state index in [4.69, 9.17) is 42.0 Å². The summed E-state index contributed by atoms with van der Waals surface area (Å²) in [4.78, 5) is 23.7. The number of aliphatic hydroxyl groups excluding tert-OH is 1. The number of likely N-dealkylation sites (tertiary alicyclic amines) is 1. The van der Waals surface area contributed by atoms with E-state index in [1.54, 1.807) is 12.1 Å². The SMILES string of the molecule is Cc1ccccc1C1=CC=CC(c2nc3cc(C=O)cc(Cl)c3o2)(c2nc3cc(CN4CCC(O)C4)cc(Cl)c3o2)[C@H]1C. The highest BCUT2D eigenvalue weighted by atomic mass is 35.5. The van der Waals surface area contributed by atoms with Crippen molar-refractivity contribution in [3.8, 4) is 0 Å². The largest absolute Gasteiger partial charge is 0.438 e. The molecule has 3 atom stereocenters. The van der Waals surface area contributed by atoms with Crippen LogP contribution in [0.3, 0.4) is 0 Å². The molecule has 2 unspecified atom stereocenters. The molecular weight excluding hydrogens is 585 g/mol. The van der Waals surface area contributed by atoms with Crippen molar-refractivity contribution in [1.82, 2.24) is 14.9 Å². The zero-order chi connectivity index (χ0) is 29.9. The van der Waals surface area contributed by atoms with E-state index < -0.39 is 5.41 Å². The number of nitrogens with zero attached hydrogens (tertiary/aromatic N) is 3. The molecule has 7 rings (SSSR count). The number of benzene rings is 3. The maximum atomic E-state index is 11.6. The number of carbonyl (C=O) groups excluding carboxylic acids is 1. The predicted octanol–water partition coefficient (Wildman–Crippen LogP) is 7.54. The van der Waals surface area contributed by atoms with Gasteiger partial charge in [0, 0.05) is 31.1 Å². The van der Waals surface area contributed by atoms with Gasteiger partial charge in [-0.1, -0.05) is 72.6 Å². The third-order valence-corrected chi connectivity index (χ3v) is 9.27. The molecule has 1 aliphatic carbocycles. The molecule has 0 radical (unpaired) electrons. The van der Waals surface area contributed by atoms with Crippen molar-refractivity contribution in [2.24, 2.45) is 5.92 Å². The van der Waals surface area contributed by atoms with Gasteiger partial charge in [-0.3, -0.25) is 9.69 Å². The van der Waals surface area contributed by atoms with Gasteiger partial charge in [0.05, 0.1) is 16.1 Å². The first-order chi connectivity index (χ1) is 20.8. The van der Waals surface area contributed by atoms with Gasteiger partial charge in [0.25, 0.3) is 0 Å². The van der Waals surface area contributed by atoms with Gasteiger partial charge in [0.1, 0.15) is 22.7 Å². The zero-order valence-electron chi connectivity index (χ0n) is 23.7. The maximum absolute atomic E-state index is 11.6. The van der Waals surface area contributed by atoms with Crippen molar-refractivity contribution in [1.29, 1.82) is 0 Å². The Morgan fingerprint density at radius 2 is 1.74 bits per heavy atom. The van der Waals surface area contributed by atoms with E-state index >= 15 is 0 Å². The Balaban J connectivity index is 1.41. The molecular formula is C34H29Cl2N3O4. The normalized spacial score (nSPS) is 22.5. The molecule has 0 amide bonds. The van der Waals surface area contributed by atoms with Crippen LogP contribution in [0.1, 0.15) is 52.2 Å². The van der Waals surface area contributed by atoms with Crippen LogP contribution in [0.25, 0.3) is 27.8 Å². The topological polar surface area (TPSA) is 92.6 Å². The van der Waals surface area contributed by atoms with Gasteiger partial charge in [-0.05, 0) is 59.9 Å². The Morgan fingerprint density at radius 1 is 1.05 bits per heavy atom. The van der Waals surface area contributed by atoms with Crippen molar-refractivity contribution < 1.29 is 18.7 Å². The van der Waals surface area contributed by atoms with Crippen LogP contribution in [0.5, 0.6) is 0 Å². The molecule has 9 heteroatoms. The average Bonchev–Trinajstić information content (AvgIpc) is 3.73. The van der Waals surface area contributed by atoms with Crippen LogP contribution in [-0.4, -0.2) is 45.5 Å². The first-order valence-corrected chi connectivity index (χ1v) is 15.0. The molecule has 43 heavy (non-hydrogen) atoms. The fourth-order valence-electron chi connectivity index (χ4n) is 6.45. The number of hydrogen-bond acceptors (Lipinski definition) is 7. The molecule has 1 N–H and O–H groups in total. The minimum Gasteiger partial charge on any atom is -0.438 e. The van der Waals surface area contributed by atoms with E-state index in [1.165, 1.54) is 0 Å². The fraction of sp³-hybridized carbons (Fsp3) is 0.265. The van der Waals surface area contributed by atoms with Gasteiger partial charge >= 0.3 is 0 Å². The van der Waals surface area contributed by atoms with E-state index in [0.29, 0.717) is 62.7 Å². The van der Waals surface area contributed by atoms with Crippen molar-refractivity contribution in [3.05, 3.63) is 111 Å². The first kappa shape index (κ1) is 28.0. The standard InChI is InChI=1S/C34H29Cl2N3O4/c1-19-6-3-4-7-24(19)25-8-5-10-34(20(25)2,33-38-29-15-22(18-40)13-27(36)31(29)43-33)32-37-28-14-21(12-26(35)30(28)42-32)16-39-11-9-23(41)17-39/h3-8,10,12-15,18,20,23,41H,9,11,16-17H2,1-2H3/t20-,23?,34?/m0/s1. The van der Waals surface area contributed by atoms with Gasteiger partial charge in [-0.2, -0.15) is 0 Å². The summed E-state index contributed by atoms with van der Waals surface area (Å²) in [7, 11) is 0. The number of allylic oxidation sites excluding steroid dienone is 4. The summed E-state index contributed by atoms with van der Waals surface area (Å²) in [5.74, 6) is 0.511. The van der Waals surface area contributed by atoms with Crippen LogP contribution >= 0.6 is 23.2 Å². The second-order valence-corrected chi connectivity index (χ2v) is 12.3. The highest BCUT2D eigenvalue weighted by Crippen LogP contribution is 2.50. The van der Waals surface area contributed by atoms with E-state index in [2.05, 4.69) is 37.0 Å². The third kappa shape index (κ3) is 4.71. The molecule has 0 spiro atoms. The highest BCUT2D eigenvalue weighted by molar-refractivity contribution is 6.35.